The smallest absolute Gasteiger partial charge is 0.282 e. The van der Waals surface area contributed by atoms with E-state index in [1.54, 1.807) is 0 Å². The second-order valence-electron chi connectivity index (χ2n) is 7.20. The average molecular weight is 374 g/mol. The molecule has 2 N–H and O–H groups in total. The summed E-state index contributed by atoms with van der Waals surface area (Å²) >= 11 is 0. The molecule has 1 saturated heterocycles. The van der Waals surface area contributed by atoms with Gasteiger partial charge in [-0.15, -0.1) is 0 Å². The average Bonchev–Trinajstić information content (AvgIpc) is 2.66. The van der Waals surface area contributed by atoms with E-state index in [1.807, 2.05) is 6.92 Å². The van der Waals surface area contributed by atoms with Crippen molar-refractivity contribution in [2.45, 2.75) is 26.8 Å². The van der Waals surface area contributed by atoms with Crippen LogP contribution in [0.3, 0.4) is 0 Å². The van der Waals surface area contributed by atoms with E-state index >= 15 is 0 Å². The van der Waals surface area contributed by atoms with E-state index in [0.717, 1.165) is 38.3 Å². The van der Waals surface area contributed by atoms with Gasteiger partial charge in [0.2, 0.25) is 0 Å². The maximum Gasteiger partial charge on any atom is 0.282 e. The third-order valence-corrected chi connectivity index (χ3v) is 5.52. The minimum Gasteiger partial charge on any atom is -0.360 e. The molecular weight excluding hydrogens is 348 g/mol. The highest BCUT2D eigenvalue weighted by molar-refractivity contribution is 5.93. The third kappa shape index (κ3) is 4.27. The molecule has 1 aliphatic heterocycles. The summed E-state index contributed by atoms with van der Waals surface area (Å²) in [6.07, 6.45) is 0. The number of benzene rings is 2. The second kappa shape index (κ2) is 8.05. The Bertz CT molecular complexity index is 832. The molecule has 2 aromatic rings. The van der Waals surface area contributed by atoms with E-state index < -0.39 is 11.6 Å². The Morgan fingerprint density at radius 2 is 1.81 bits per heavy atom. The second-order valence-corrected chi connectivity index (χ2v) is 7.20. The van der Waals surface area contributed by atoms with Gasteiger partial charge in [-0.2, -0.15) is 0 Å². The molecule has 0 unspecified atom stereocenters. The molecule has 144 valence electrons. The van der Waals surface area contributed by atoms with Crippen LogP contribution in [0.2, 0.25) is 0 Å². The van der Waals surface area contributed by atoms with Crippen LogP contribution in [0.1, 0.15) is 18.1 Å². The van der Waals surface area contributed by atoms with Gasteiger partial charge in [-0.05, 0) is 50.1 Å². The lowest BCUT2D eigenvalue weighted by molar-refractivity contribution is -0.914. The maximum atomic E-state index is 13.3. The number of carbonyl (C=O) groups excluding carboxylic acids is 1. The quantitative estimate of drug-likeness (QED) is 0.862. The van der Waals surface area contributed by atoms with E-state index in [1.165, 1.54) is 27.8 Å². The molecule has 1 fully saturated rings. The van der Waals surface area contributed by atoms with Crippen LogP contribution < -0.4 is 15.1 Å². The highest BCUT2D eigenvalue weighted by Gasteiger charge is 2.29. The Labute approximate surface area is 158 Å². The van der Waals surface area contributed by atoms with Crippen LogP contribution in [0.25, 0.3) is 0 Å². The fraction of sp³-hybridized carbons (Fsp3) is 0.381. The van der Waals surface area contributed by atoms with Gasteiger partial charge in [0, 0.05) is 17.4 Å². The number of hydrogen-bond donors (Lipinski definition) is 2. The molecule has 2 aromatic carbocycles. The minimum absolute atomic E-state index is 0.184. The zero-order chi connectivity index (χ0) is 19.6. The van der Waals surface area contributed by atoms with Gasteiger partial charge in [-0.1, -0.05) is 12.1 Å². The lowest BCUT2D eigenvalue weighted by atomic mass is 10.1. The lowest BCUT2D eigenvalue weighted by Crippen LogP contribution is -3.19. The van der Waals surface area contributed by atoms with Gasteiger partial charge in [0.15, 0.2) is 17.7 Å². The summed E-state index contributed by atoms with van der Waals surface area (Å²) in [7, 11) is 0. The monoisotopic (exact) mass is 374 g/mol. The summed E-state index contributed by atoms with van der Waals surface area (Å²) in [5, 5.41) is 2.69. The Hall–Kier alpha value is -2.47. The van der Waals surface area contributed by atoms with Crippen LogP contribution in [0.4, 0.5) is 20.2 Å². The van der Waals surface area contributed by atoms with Gasteiger partial charge < -0.3 is 15.1 Å². The van der Waals surface area contributed by atoms with E-state index in [9.17, 15) is 13.6 Å². The van der Waals surface area contributed by atoms with Crippen molar-refractivity contribution in [1.82, 2.24) is 0 Å². The van der Waals surface area contributed by atoms with E-state index in [-0.39, 0.29) is 17.6 Å². The summed E-state index contributed by atoms with van der Waals surface area (Å²) in [5.41, 5.74) is 4.11. The van der Waals surface area contributed by atoms with Crippen LogP contribution in [0.15, 0.2) is 36.4 Å². The van der Waals surface area contributed by atoms with Crippen molar-refractivity contribution in [2.24, 2.45) is 0 Å². The molecule has 0 spiro atoms. The summed E-state index contributed by atoms with van der Waals surface area (Å²) in [6.45, 7) is 9.58. The van der Waals surface area contributed by atoms with Gasteiger partial charge in [-0.25, -0.2) is 8.78 Å². The molecule has 0 aromatic heterocycles. The number of anilines is 2. The molecular formula is C21H26F2N3O+. The molecule has 27 heavy (non-hydrogen) atoms. The SMILES string of the molecule is Cc1cccc(N2CC[NH+]([C@@H](C)C(=O)Nc3ccc(F)c(F)c3)CC2)c1C. The highest BCUT2D eigenvalue weighted by Crippen LogP contribution is 2.22. The molecule has 0 bridgehead atoms. The Morgan fingerprint density at radius 3 is 2.48 bits per heavy atom. The zero-order valence-electron chi connectivity index (χ0n) is 16.0. The number of nitrogens with zero attached hydrogens (tertiary/aromatic N) is 1. The predicted octanol–water partition coefficient (Wildman–Crippen LogP) is 2.31. The van der Waals surface area contributed by atoms with Crippen LogP contribution in [0, 0.1) is 25.5 Å². The highest BCUT2D eigenvalue weighted by atomic mass is 19.2. The summed E-state index contributed by atoms with van der Waals surface area (Å²) < 4.78 is 26.3. The normalized spacial score (nSPS) is 16.3. The zero-order valence-corrected chi connectivity index (χ0v) is 16.0. The fourth-order valence-electron chi connectivity index (χ4n) is 3.56. The van der Waals surface area contributed by atoms with Crippen molar-refractivity contribution < 1.29 is 18.5 Å². The van der Waals surface area contributed by atoms with Crippen LogP contribution in [0.5, 0.6) is 0 Å². The minimum atomic E-state index is -0.963. The van der Waals surface area contributed by atoms with Crippen molar-refractivity contribution in [3.63, 3.8) is 0 Å². The molecule has 1 atom stereocenters. The molecule has 0 radical (unpaired) electrons. The Balaban J connectivity index is 1.59. The summed E-state index contributed by atoms with van der Waals surface area (Å²) in [6, 6.07) is 9.47. The summed E-state index contributed by atoms with van der Waals surface area (Å²) in [4.78, 5) is 16.1. The van der Waals surface area contributed by atoms with Gasteiger partial charge in [0.25, 0.3) is 5.91 Å². The number of piperazine rings is 1. The van der Waals surface area contributed by atoms with Crippen molar-refractivity contribution in [3.05, 3.63) is 59.2 Å². The standard InChI is InChI=1S/C21H25F2N3O/c1-14-5-4-6-20(15(14)2)26-11-9-25(10-12-26)16(3)21(27)24-17-7-8-18(22)19(23)13-17/h4-8,13,16H,9-12H2,1-3H3,(H,24,27)/p+1/t16-/m0/s1. The van der Waals surface area contributed by atoms with Crippen LogP contribution in [-0.2, 0) is 4.79 Å². The molecule has 4 nitrogen and oxygen atoms in total. The fourth-order valence-corrected chi connectivity index (χ4v) is 3.56. The number of aryl methyl sites for hydroxylation is 1. The predicted molar refractivity (Wildman–Crippen MR) is 103 cm³/mol. The number of amides is 1. The molecule has 1 heterocycles. The largest absolute Gasteiger partial charge is 0.360 e. The van der Waals surface area contributed by atoms with Gasteiger partial charge in [-0.3, -0.25) is 4.79 Å². The molecule has 0 saturated carbocycles. The number of hydrogen-bond acceptors (Lipinski definition) is 2. The topological polar surface area (TPSA) is 36.8 Å². The lowest BCUT2D eigenvalue weighted by Gasteiger charge is -2.36. The van der Waals surface area contributed by atoms with E-state index in [0.29, 0.717) is 0 Å². The third-order valence-electron chi connectivity index (χ3n) is 5.52. The van der Waals surface area contributed by atoms with Gasteiger partial charge >= 0.3 is 0 Å². The van der Waals surface area contributed by atoms with Crippen LogP contribution in [-0.4, -0.2) is 38.1 Å². The first-order valence-corrected chi connectivity index (χ1v) is 9.28. The van der Waals surface area contributed by atoms with Crippen molar-refractivity contribution in [2.75, 3.05) is 36.4 Å². The molecule has 0 aliphatic carbocycles. The first-order valence-electron chi connectivity index (χ1n) is 9.28. The summed E-state index contributed by atoms with van der Waals surface area (Å²) in [5.74, 6) is -2.07. The maximum absolute atomic E-state index is 13.3. The van der Waals surface area contributed by atoms with Gasteiger partial charge in [0.05, 0.1) is 26.2 Å². The first-order chi connectivity index (χ1) is 12.9. The van der Waals surface area contributed by atoms with Gasteiger partial charge in [0.1, 0.15) is 0 Å². The van der Waals surface area contributed by atoms with Crippen LogP contribution >= 0.6 is 0 Å². The Morgan fingerprint density at radius 1 is 1.11 bits per heavy atom. The molecule has 6 heteroatoms. The number of carbonyl (C=O) groups is 1. The van der Waals surface area contributed by atoms with Crippen molar-refractivity contribution in [3.8, 4) is 0 Å². The van der Waals surface area contributed by atoms with E-state index in [4.69, 9.17) is 0 Å². The number of halogens is 2. The van der Waals surface area contributed by atoms with E-state index in [2.05, 4.69) is 42.3 Å². The first kappa shape index (κ1) is 19.3. The van der Waals surface area contributed by atoms with Crippen molar-refractivity contribution >= 4 is 17.3 Å². The Kier molecular flexibility index (Phi) is 5.75. The molecule has 3 rings (SSSR count). The molecule has 1 aliphatic rings. The number of quaternary nitrogens is 1. The number of rotatable bonds is 4. The number of nitrogens with one attached hydrogen (secondary N) is 2. The molecule has 1 amide bonds. The van der Waals surface area contributed by atoms with Crippen molar-refractivity contribution in [1.29, 1.82) is 0 Å².